The zero-order valence-electron chi connectivity index (χ0n) is 19.2. The molecule has 37 heavy (non-hydrogen) atoms. The number of thioether (sulfide) groups is 2. The summed E-state index contributed by atoms with van der Waals surface area (Å²) in [5.41, 5.74) is 2.44. The molecule has 5 N–H and O–H groups in total. The first kappa shape index (κ1) is 26.2. The topological polar surface area (TPSA) is 212 Å². The van der Waals surface area contributed by atoms with Crippen molar-refractivity contribution in [3.8, 4) is 6.19 Å². The molecule has 0 bridgehead atoms. The summed E-state index contributed by atoms with van der Waals surface area (Å²) in [7, 11) is 1.20. The van der Waals surface area contributed by atoms with Crippen LogP contribution in [0.15, 0.2) is 26.9 Å². The molecular weight excluding hydrogens is 548 g/mol. The number of carboxylic acid groups (broad SMARTS) is 1. The summed E-state index contributed by atoms with van der Waals surface area (Å²) in [5, 5.41) is 50.7. The number of aromatic nitrogens is 1. The maximum Gasteiger partial charge on any atom is 0.352 e. The summed E-state index contributed by atoms with van der Waals surface area (Å²) in [6.45, 7) is 2.29. The van der Waals surface area contributed by atoms with Crippen molar-refractivity contribution >= 4 is 63.5 Å². The average Bonchev–Trinajstić information content (AvgIpc) is 3.45. The number of carboxylic acids is 1. The smallest absolute Gasteiger partial charge is 0.352 e. The van der Waals surface area contributed by atoms with Crippen LogP contribution >= 0.6 is 34.9 Å². The number of amidine groups is 1. The first-order valence-corrected chi connectivity index (χ1v) is 13.3. The molecule has 3 aliphatic rings. The van der Waals surface area contributed by atoms with Crippen molar-refractivity contribution in [2.45, 2.75) is 18.3 Å². The molecule has 4 rings (SSSR count). The molecule has 0 unspecified atom stereocenters. The summed E-state index contributed by atoms with van der Waals surface area (Å²) in [5.74, 6) is -2.23. The van der Waals surface area contributed by atoms with Crippen LogP contribution in [0.4, 0.5) is 0 Å². The van der Waals surface area contributed by atoms with E-state index in [9.17, 15) is 24.7 Å². The number of hydrogen-bond donors (Lipinski definition) is 5. The number of thiazole rings is 1. The number of rotatable bonds is 8. The van der Waals surface area contributed by atoms with E-state index in [2.05, 4.69) is 21.1 Å². The van der Waals surface area contributed by atoms with Crippen molar-refractivity contribution in [1.29, 1.82) is 10.7 Å². The molecule has 0 saturated carbocycles. The molecule has 4 heterocycles. The number of nitrogens with one attached hydrogen (secondary N) is 3. The van der Waals surface area contributed by atoms with Crippen LogP contribution in [0.3, 0.4) is 0 Å². The third-order valence-electron chi connectivity index (χ3n) is 5.35. The van der Waals surface area contributed by atoms with Gasteiger partial charge in [-0.1, -0.05) is 16.9 Å². The molecule has 16 nitrogen and oxygen atoms in total. The van der Waals surface area contributed by atoms with Crippen molar-refractivity contribution in [3.63, 3.8) is 0 Å². The molecule has 3 aliphatic heterocycles. The monoisotopic (exact) mass is 568 g/mol. The Bertz CT molecular complexity index is 1330. The van der Waals surface area contributed by atoms with Gasteiger partial charge in [0.2, 0.25) is 16.2 Å². The van der Waals surface area contributed by atoms with Gasteiger partial charge in [0.1, 0.15) is 29.9 Å². The lowest BCUT2D eigenvalue weighted by molar-refractivity contribution is -0.150. The Morgan fingerprint density at radius 3 is 2.86 bits per heavy atom. The number of hydrazone groups is 1. The third kappa shape index (κ3) is 4.65. The number of hydrogen-bond acceptors (Lipinski definition) is 15. The summed E-state index contributed by atoms with van der Waals surface area (Å²) in [4.78, 5) is 43.6. The molecule has 0 spiro atoms. The second-order valence-corrected chi connectivity index (χ2v) is 10.3. The normalized spacial score (nSPS) is 21.1. The maximum absolute atomic E-state index is 13.0. The fraction of sp³-hybridized carbons (Fsp3) is 0.389. The van der Waals surface area contributed by atoms with Crippen LogP contribution < -0.4 is 15.7 Å². The second kappa shape index (κ2) is 10.6. The summed E-state index contributed by atoms with van der Waals surface area (Å²) in [6, 6.07) is -1.03. The lowest BCUT2D eigenvalue weighted by Gasteiger charge is -2.49. The first-order valence-electron chi connectivity index (χ1n) is 10.4. The van der Waals surface area contributed by atoms with Crippen molar-refractivity contribution in [2.75, 3.05) is 25.2 Å². The van der Waals surface area contributed by atoms with Crippen LogP contribution in [-0.2, 0) is 19.2 Å². The second-order valence-electron chi connectivity index (χ2n) is 7.39. The van der Waals surface area contributed by atoms with Gasteiger partial charge in [-0.2, -0.15) is 15.5 Å². The molecule has 0 aliphatic carbocycles. The average molecular weight is 569 g/mol. The summed E-state index contributed by atoms with van der Waals surface area (Å²) >= 11 is 3.37. The van der Waals surface area contributed by atoms with E-state index in [4.69, 9.17) is 15.5 Å². The van der Waals surface area contributed by atoms with Gasteiger partial charge in [0.05, 0.1) is 0 Å². The Kier molecular flexibility index (Phi) is 7.51. The highest BCUT2D eigenvalue weighted by molar-refractivity contribution is 8.14. The van der Waals surface area contributed by atoms with E-state index in [1.54, 1.807) is 5.01 Å². The van der Waals surface area contributed by atoms with Crippen LogP contribution in [0.25, 0.3) is 0 Å². The highest BCUT2D eigenvalue weighted by Gasteiger charge is 2.54. The Morgan fingerprint density at radius 1 is 1.51 bits per heavy atom. The number of amides is 2. The predicted molar refractivity (Wildman–Crippen MR) is 131 cm³/mol. The quantitative estimate of drug-likeness (QED) is 0.0831. The fourth-order valence-electron chi connectivity index (χ4n) is 3.68. The van der Waals surface area contributed by atoms with Gasteiger partial charge in [-0.25, -0.2) is 9.80 Å². The minimum atomic E-state index is -1.28. The van der Waals surface area contributed by atoms with Crippen LogP contribution in [0.5, 0.6) is 0 Å². The molecule has 196 valence electrons. The predicted octanol–water partition coefficient (Wildman–Crippen LogP) is -1.10. The zero-order chi connectivity index (χ0) is 26.9. The van der Waals surface area contributed by atoms with Gasteiger partial charge in [-0.05, 0) is 12.5 Å². The minimum absolute atomic E-state index is 0.0971. The number of oxime groups is 1. The first-order chi connectivity index (χ1) is 17.7. The number of nitriles is 1. The number of hydrazine groups is 2. The van der Waals surface area contributed by atoms with Crippen molar-refractivity contribution in [3.05, 3.63) is 27.1 Å². The van der Waals surface area contributed by atoms with Crippen molar-refractivity contribution in [1.82, 2.24) is 30.6 Å². The maximum atomic E-state index is 13.0. The van der Waals surface area contributed by atoms with E-state index in [0.717, 1.165) is 21.4 Å². The Hall–Kier alpha value is -3.89. The van der Waals surface area contributed by atoms with Gasteiger partial charge in [0.25, 0.3) is 11.8 Å². The standard InChI is InChI=1S/C18H20N10O6S3/c1-3-25-18(22-24-26(25)7-19)37-5-8-4-35-15-11(14(30)27(15)12(8)16(31)32)21-13(29)10(23-34-2)9-6-36-17(20)28(9)33/h6,11,15,20,24,33H,3-5H2,1-2H3,(H,21,29)(H,31,32)/t11-,15+/m1/s1. The summed E-state index contributed by atoms with van der Waals surface area (Å²) in [6.07, 6.45) is 1.92. The van der Waals surface area contributed by atoms with E-state index >= 15 is 0 Å². The fourth-order valence-corrected chi connectivity index (χ4v) is 6.79. The van der Waals surface area contributed by atoms with E-state index in [1.165, 1.54) is 36.0 Å². The molecule has 2 atom stereocenters. The van der Waals surface area contributed by atoms with Gasteiger partial charge in [0.15, 0.2) is 5.71 Å². The lowest BCUT2D eigenvalue weighted by Crippen LogP contribution is -2.71. The van der Waals surface area contributed by atoms with Gasteiger partial charge in [-0.15, -0.1) is 33.3 Å². The van der Waals surface area contributed by atoms with E-state index in [-0.39, 0.29) is 33.4 Å². The number of β-lactam (4-membered cyclic amide) rings is 1. The molecule has 19 heteroatoms. The molecule has 1 fully saturated rings. The molecule has 2 amide bonds. The number of aliphatic carboxylic acids is 1. The highest BCUT2D eigenvalue weighted by atomic mass is 32.2. The van der Waals surface area contributed by atoms with Crippen molar-refractivity contribution < 1.29 is 29.5 Å². The number of carbonyl (C=O) groups excluding carboxylic acids is 2. The van der Waals surface area contributed by atoms with Crippen LogP contribution in [0.2, 0.25) is 0 Å². The Labute approximate surface area is 221 Å². The summed E-state index contributed by atoms with van der Waals surface area (Å²) < 4.78 is 0.460. The number of fused-ring (bicyclic) bond motifs is 1. The molecule has 1 saturated heterocycles. The van der Waals surface area contributed by atoms with E-state index < -0.39 is 29.2 Å². The molecular formula is C18H20N10O6S3. The van der Waals surface area contributed by atoms with Crippen molar-refractivity contribution in [2.24, 2.45) is 10.3 Å². The zero-order valence-corrected chi connectivity index (χ0v) is 21.7. The van der Waals surface area contributed by atoms with Gasteiger partial charge >= 0.3 is 5.97 Å². The van der Waals surface area contributed by atoms with Crippen LogP contribution in [-0.4, -0.2) is 95.3 Å². The SMILES string of the molecule is CCN1C(SCC2=C(C(=O)O)N3C(=O)[C@@H](NC(=O)C(=NOC)c4csc(=N)n4O)[C@@H]3SC2)=NNN1C#N. The van der Waals surface area contributed by atoms with Gasteiger partial charge in [0, 0.05) is 23.4 Å². The molecule has 1 aromatic heterocycles. The molecule has 1 aromatic rings. The Morgan fingerprint density at radius 2 is 2.27 bits per heavy atom. The Balaban J connectivity index is 1.49. The van der Waals surface area contributed by atoms with E-state index in [0.29, 0.717) is 22.0 Å². The molecule has 0 radical (unpaired) electrons. The molecule has 0 aromatic carbocycles. The number of nitrogens with zero attached hydrogens (tertiary/aromatic N) is 7. The minimum Gasteiger partial charge on any atom is -0.477 e. The van der Waals surface area contributed by atoms with Gasteiger partial charge < -0.3 is 20.5 Å². The van der Waals surface area contributed by atoms with Crippen LogP contribution in [0, 0.1) is 16.9 Å². The highest BCUT2D eigenvalue weighted by Crippen LogP contribution is 2.41. The third-order valence-corrected chi connectivity index (χ3v) is 8.48. The van der Waals surface area contributed by atoms with E-state index in [1.807, 2.05) is 13.1 Å². The van der Waals surface area contributed by atoms with Crippen LogP contribution in [0.1, 0.15) is 12.6 Å². The van der Waals surface area contributed by atoms with Gasteiger partial charge in [-0.3, -0.25) is 19.9 Å². The number of carbonyl (C=O) groups is 3. The largest absolute Gasteiger partial charge is 0.477 e. The lowest BCUT2D eigenvalue weighted by atomic mass is 10.0.